The van der Waals surface area contributed by atoms with Gasteiger partial charge in [0.15, 0.2) is 0 Å². The molecule has 1 aliphatic rings. The van der Waals surface area contributed by atoms with E-state index in [1.165, 1.54) is 19.3 Å². The summed E-state index contributed by atoms with van der Waals surface area (Å²) in [6.07, 6.45) is 6.43. The Balaban J connectivity index is 2.08. The summed E-state index contributed by atoms with van der Waals surface area (Å²) < 4.78 is 5.93. The lowest BCUT2D eigenvalue weighted by atomic mass is 9.98. The van der Waals surface area contributed by atoms with Crippen LogP contribution >= 0.6 is 11.6 Å². The molecule has 1 aromatic carbocycles. The number of hydrogen-bond donors (Lipinski definition) is 0. The van der Waals surface area contributed by atoms with Gasteiger partial charge in [-0.2, -0.15) is 5.26 Å². The van der Waals surface area contributed by atoms with Gasteiger partial charge in [-0.3, -0.25) is 0 Å². The van der Waals surface area contributed by atoms with Crippen LogP contribution in [0.15, 0.2) is 18.2 Å². The molecule has 0 bridgehead atoms. The van der Waals surface area contributed by atoms with Gasteiger partial charge in [-0.1, -0.05) is 6.42 Å². The zero-order valence-corrected chi connectivity index (χ0v) is 10.5. The summed E-state index contributed by atoms with van der Waals surface area (Å²) in [5, 5.41) is 8.91. The molecule has 1 aromatic rings. The van der Waals surface area contributed by atoms with Crippen molar-refractivity contribution in [2.75, 3.05) is 0 Å². The van der Waals surface area contributed by atoms with Gasteiger partial charge in [0.1, 0.15) is 5.75 Å². The number of rotatable bonds is 3. The lowest BCUT2D eigenvalue weighted by Gasteiger charge is -2.23. The molecule has 1 saturated carbocycles. The molecule has 1 aliphatic carbocycles. The van der Waals surface area contributed by atoms with E-state index in [-0.39, 0.29) is 0 Å². The molecule has 0 atom stereocenters. The molecule has 2 nitrogen and oxygen atoms in total. The molecule has 90 valence electrons. The van der Waals surface area contributed by atoms with E-state index < -0.39 is 0 Å². The number of hydrogen-bond acceptors (Lipinski definition) is 2. The van der Waals surface area contributed by atoms with Crippen molar-refractivity contribution in [3.8, 4) is 11.8 Å². The molecule has 3 heteroatoms. The van der Waals surface area contributed by atoms with Crippen LogP contribution in [0.4, 0.5) is 0 Å². The van der Waals surface area contributed by atoms with Crippen LogP contribution in [-0.4, -0.2) is 6.10 Å². The second-order valence-corrected chi connectivity index (χ2v) is 4.71. The summed E-state index contributed by atoms with van der Waals surface area (Å²) in [6.45, 7) is 0. The van der Waals surface area contributed by atoms with E-state index in [1.54, 1.807) is 6.07 Å². The highest BCUT2D eigenvalue weighted by atomic mass is 35.5. The normalized spacial score (nSPS) is 16.5. The van der Waals surface area contributed by atoms with E-state index in [2.05, 4.69) is 6.07 Å². The fourth-order valence-electron chi connectivity index (χ4n) is 2.24. The van der Waals surface area contributed by atoms with E-state index in [0.29, 0.717) is 17.5 Å². The van der Waals surface area contributed by atoms with Crippen molar-refractivity contribution in [2.45, 2.75) is 44.1 Å². The first kappa shape index (κ1) is 12.3. The van der Waals surface area contributed by atoms with Gasteiger partial charge >= 0.3 is 0 Å². The van der Waals surface area contributed by atoms with Gasteiger partial charge in [-0.15, -0.1) is 11.6 Å². The first-order chi connectivity index (χ1) is 8.33. The Hall–Kier alpha value is -1.20. The van der Waals surface area contributed by atoms with Crippen molar-refractivity contribution < 1.29 is 4.74 Å². The number of ether oxygens (including phenoxy) is 1. The Morgan fingerprint density at radius 3 is 2.71 bits per heavy atom. The smallest absolute Gasteiger partial charge is 0.120 e. The molecular formula is C14H16ClNO. The van der Waals surface area contributed by atoms with Crippen molar-refractivity contribution in [3.05, 3.63) is 29.3 Å². The summed E-state index contributed by atoms with van der Waals surface area (Å²) in [6, 6.07) is 7.68. The molecule has 0 radical (unpaired) electrons. The maximum absolute atomic E-state index is 8.91. The largest absolute Gasteiger partial charge is 0.490 e. The highest BCUT2D eigenvalue weighted by Crippen LogP contribution is 2.25. The van der Waals surface area contributed by atoms with Gasteiger partial charge < -0.3 is 4.74 Å². The van der Waals surface area contributed by atoms with Gasteiger partial charge in [-0.05, 0) is 49.4 Å². The minimum atomic E-state index is 0.333. The van der Waals surface area contributed by atoms with Crippen LogP contribution in [0.25, 0.3) is 0 Å². The summed E-state index contributed by atoms with van der Waals surface area (Å²) in [4.78, 5) is 0. The second kappa shape index (κ2) is 5.93. The maximum atomic E-state index is 8.91. The zero-order chi connectivity index (χ0) is 12.1. The molecule has 0 heterocycles. The number of nitrogens with zero attached hydrogens (tertiary/aromatic N) is 1. The van der Waals surface area contributed by atoms with Gasteiger partial charge in [-0.25, -0.2) is 0 Å². The third-order valence-electron chi connectivity index (χ3n) is 3.20. The highest BCUT2D eigenvalue weighted by Gasteiger charge is 2.15. The minimum absolute atomic E-state index is 0.333. The SMILES string of the molecule is N#Cc1ccc(OC2CCCCC2)cc1CCl. The van der Waals surface area contributed by atoms with Crippen molar-refractivity contribution in [2.24, 2.45) is 0 Å². The average molecular weight is 250 g/mol. The molecule has 1 fully saturated rings. The first-order valence-electron chi connectivity index (χ1n) is 6.09. The van der Waals surface area contributed by atoms with Crippen molar-refractivity contribution in [3.63, 3.8) is 0 Å². The minimum Gasteiger partial charge on any atom is -0.490 e. The lowest BCUT2D eigenvalue weighted by Crippen LogP contribution is -2.19. The Morgan fingerprint density at radius 1 is 1.29 bits per heavy atom. The number of halogens is 1. The van der Waals surface area contributed by atoms with Crippen LogP contribution in [-0.2, 0) is 5.88 Å². The van der Waals surface area contributed by atoms with Crippen LogP contribution < -0.4 is 4.74 Å². The average Bonchev–Trinajstić information content (AvgIpc) is 2.40. The van der Waals surface area contributed by atoms with Crippen molar-refractivity contribution in [1.29, 1.82) is 5.26 Å². The van der Waals surface area contributed by atoms with E-state index in [9.17, 15) is 0 Å². The van der Waals surface area contributed by atoms with Gasteiger partial charge in [0.25, 0.3) is 0 Å². The number of nitriles is 1. The quantitative estimate of drug-likeness (QED) is 0.759. The Kier molecular flexibility index (Phi) is 4.28. The summed E-state index contributed by atoms with van der Waals surface area (Å²) in [7, 11) is 0. The fourth-order valence-corrected chi connectivity index (χ4v) is 2.46. The highest BCUT2D eigenvalue weighted by molar-refractivity contribution is 6.17. The molecule has 0 spiro atoms. The predicted octanol–water partition coefficient (Wildman–Crippen LogP) is 4.01. The van der Waals surface area contributed by atoms with Crippen molar-refractivity contribution in [1.82, 2.24) is 0 Å². The molecule has 0 unspecified atom stereocenters. The van der Waals surface area contributed by atoms with E-state index in [1.807, 2.05) is 12.1 Å². The molecule has 17 heavy (non-hydrogen) atoms. The van der Waals surface area contributed by atoms with Crippen LogP contribution in [0, 0.1) is 11.3 Å². The molecular weight excluding hydrogens is 234 g/mol. The Labute approximate surface area is 107 Å². The van der Waals surface area contributed by atoms with Gasteiger partial charge in [0.05, 0.1) is 17.7 Å². The number of alkyl halides is 1. The maximum Gasteiger partial charge on any atom is 0.120 e. The first-order valence-corrected chi connectivity index (χ1v) is 6.62. The fraction of sp³-hybridized carbons (Fsp3) is 0.500. The standard InChI is InChI=1S/C14H16ClNO/c15-9-12-8-14(7-6-11(12)10-16)17-13-4-2-1-3-5-13/h6-8,13H,1-5,9H2. The molecule has 0 aromatic heterocycles. The third kappa shape index (κ3) is 3.14. The van der Waals surface area contributed by atoms with Gasteiger partial charge in [0.2, 0.25) is 0 Å². The third-order valence-corrected chi connectivity index (χ3v) is 3.48. The van der Waals surface area contributed by atoms with Crippen molar-refractivity contribution >= 4 is 11.6 Å². The molecule has 0 amide bonds. The van der Waals surface area contributed by atoms with Crippen LogP contribution in [0.5, 0.6) is 5.75 Å². The Bertz CT molecular complexity index is 419. The number of benzene rings is 1. The van der Waals surface area contributed by atoms with Crippen LogP contribution in [0.1, 0.15) is 43.2 Å². The summed E-state index contributed by atoms with van der Waals surface area (Å²) in [5.74, 6) is 1.19. The summed E-state index contributed by atoms with van der Waals surface area (Å²) in [5.41, 5.74) is 1.48. The van der Waals surface area contributed by atoms with Crippen LogP contribution in [0.2, 0.25) is 0 Å². The molecule has 0 N–H and O–H groups in total. The lowest BCUT2D eigenvalue weighted by molar-refractivity contribution is 0.155. The van der Waals surface area contributed by atoms with Crippen LogP contribution in [0.3, 0.4) is 0 Å². The van der Waals surface area contributed by atoms with E-state index >= 15 is 0 Å². The second-order valence-electron chi connectivity index (χ2n) is 4.44. The topological polar surface area (TPSA) is 33.0 Å². The zero-order valence-electron chi connectivity index (χ0n) is 9.79. The summed E-state index contributed by atoms with van der Waals surface area (Å²) >= 11 is 5.82. The molecule has 0 saturated heterocycles. The van der Waals surface area contributed by atoms with E-state index in [4.69, 9.17) is 21.6 Å². The molecule has 0 aliphatic heterocycles. The predicted molar refractivity (Wildman–Crippen MR) is 68.2 cm³/mol. The monoisotopic (exact) mass is 249 g/mol. The van der Waals surface area contributed by atoms with E-state index in [0.717, 1.165) is 24.2 Å². The molecule has 2 rings (SSSR count). The Morgan fingerprint density at radius 2 is 2.06 bits per heavy atom. The van der Waals surface area contributed by atoms with Gasteiger partial charge in [0, 0.05) is 5.88 Å².